The normalized spacial score (nSPS) is 16.9. The van der Waals surface area contributed by atoms with Crippen molar-refractivity contribution in [2.24, 2.45) is 0 Å². The average molecular weight is 214 g/mol. The Kier molecular flexibility index (Phi) is 1.99. The highest BCUT2D eigenvalue weighted by Gasteiger charge is 2.39. The molecular formula is C9H10O4S. The number of sulfone groups is 1. The van der Waals surface area contributed by atoms with E-state index in [-0.39, 0.29) is 21.9 Å². The lowest BCUT2D eigenvalue weighted by Crippen LogP contribution is -2.05. The van der Waals surface area contributed by atoms with Crippen LogP contribution in [-0.2, 0) is 9.84 Å². The first kappa shape index (κ1) is 9.45. The molecule has 14 heavy (non-hydrogen) atoms. The van der Waals surface area contributed by atoms with Crippen LogP contribution in [0, 0.1) is 0 Å². The van der Waals surface area contributed by atoms with E-state index in [1.807, 2.05) is 0 Å². The van der Waals surface area contributed by atoms with Crippen molar-refractivity contribution in [3.8, 4) is 0 Å². The Morgan fingerprint density at radius 2 is 2.07 bits per heavy atom. The zero-order valence-electron chi connectivity index (χ0n) is 7.69. The van der Waals surface area contributed by atoms with Gasteiger partial charge in [0.1, 0.15) is 0 Å². The number of carbonyl (C=O) groups is 1. The van der Waals surface area contributed by atoms with Gasteiger partial charge in [-0.05, 0) is 25.0 Å². The molecule has 5 heteroatoms. The largest absolute Gasteiger partial charge is 0.442 e. The lowest BCUT2D eigenvalue weighted by molar-refractivity contribution is 0.0982. The molecule has 0 saturated heterocycles. The maximum absolute atomic E-state index is 11.6. The fourth-order valence-corrected chi connectivity index (χ4v) is 2.75. The summed E-state index contributed by atoms with van der Waals surface area (Å²) in [4.78, 5) is 10.9. The minimum atomic E-state index is -3.30. The summed E-state index contributed by atoms with van der Waals surface area (Å²) < 4.78 is 28.2. The second-order valence-electron chi connectivity index (χ2n) is 3.42. The lowest BCUT2D eigenvalue weighted by Gasteiger charge is -1.95. The summed E-state index contributed by atoms with van der Waals surface area (Å²) >= 11 is 0. The first-order chi connectivity index (χ1) is 6.51. The van der Waals surface area contributed by atoms with Crippen molar-refractivity contribution >= 4 is 15.6 Å². The summed E-state index contributed by atoms with van der Waals surface area (Å²) in [6.45, 7) is 1.34. The predicted molar refractivity (Wildman–Crippen MR) is 48.9 cm³/mol. The van der Waals surface area contributed by atoms with Crippen LogP contribution in [0.4, 0.5) is 0 Å². The number of furan rings is 1. The van der Waals surface area contributed by atoms with Gasteiger partial charge in [-0.15, -0.1) is 0 Å². The van der Waals surface area contributed by atoms with Crippen LogP contribution in [0.3, 0.4) is 0 Å². The molecule has 1 aromatic rings. The van der Waals surface area contributed by atoms with E-state index < -0.39 is 9.84 Å². The summed E-state index contributed by atoms with van der Waals surface area (Å²) in [6.07, 6.45) is 1.39. The van der Waals surface area contributed by atoms with Crippen LogP contribution in [0.25, 0.3) is 0 Å². The van der Waals surface area contributed by atoms with E-state index in [4.69, 9.17) is 4.42 Å². The van der Waals surface area contributed by atoms with Gasteiger partial charge in [0, 0.05) is 6.92 Å². The molecule has 76 valence electrons. The quantitative estimate of drug-likeness (QED) is 0.714. The van der Waals surface area contributed by atoms with Gasteiger partial charge in [-0.2, -0.15) is 0 Å². The van der Waals surface area contributed by atoms with Gasteiger partial charge in [-0.3, -0.25) is 4.79 Å². The van der Waals surface area contributed by atoms with Gasteiger partial charge >= 0.3 is 0 Å². The molecule has 0 N–H and O–H groups in total. The molecule has 1 aliphatic carbocycles. The fourth-order valence-electron chi connectivity index (χ4n) is 1.20. The third kappa shape index (κ3) is 1.48. The van der Waals surface area contributed by atoms with E-state index in [0.717, 1.165) is 0 Å². The van der Waals surface area contributed by atoms with E-state index in [9.17, 15) is 13.2 Å². The Morgan fingerprint density at radius 1 is 1.43 bits per heavy atom. The molecule has 1 aliphatic rings. The van der Waals surface area contributed by atoms with Crippen LogP contribution in [0.1, 0.15) is 30.3 Å². The molecule has 0 aromatic carbocycles. The Bertz CT molecular complexity index is 465. The molecule has 1 fully saturated rings. The highest BCUT2D eigenvalue weighted by Crippen LogP contribution is 2.34. The van der Waals surface area contributed by atoms with Gasteiger partial charge in [0.15, 0.2) is 11.5 Å². The summed E-state index contributed by atoms with van der Waals surface area (Å²) in [5, 5.41) is -0.376. The van der Waals surface area contributed by atoms with E-state index >= 15 is 0 Å². The van der Waals surface area contributed by atoms with Crippen molar-refractivity contribution in [3.05, 3.63) is 17.9 Å². The molecule has 2 rings (SSSR count). The molecule has 0 spiro atoms. The van der Waals surface area contributed by atoms with Crippen molar-refractivity contribution in [2.75, 3.05) is 0 Å². The molecular weight excluding hydrogens is 204 g/mol. The maximum Gasteiger partial charge on any atom is 0.219 e. The number of rotatable bonds is 3. The van der Waals surface area contributed by atoms with E-state index in [0.29, 0.717) is 12.8 Å². The number of hydrogen-bond donors (Lipinski definition) is 0. The van der Waals surface area contributed by atoms with Crippen LogP contribution in [0.2, 0.25) is 0 Å². The molecule has 0 amide bonds. The average Bonchev–Trinajstić information content (AvgIpc) is 2.82. The first-order valence-electron chi connectivity index (χ1n) is 4.36. The maximum atomic E-state index is 11.6. The number of carbonyl (C=O) groups excluding carboxylic acids is 1. The zero-order valence-corrected chi connectivity index (χ0v) is 8.50. The number of Topliss-reactive ketones (excluding diaryl/α,β-unsaturated/α-hetero) is 1. The Hall–Kier alpha value is -1.10. The van der Waals surface area contributed by atoms with E-state index in [1.54, 1.807) is 0 Å². The molecule has 4 nitrogen and oxygen atoms in total. The van der Waals surface area contributed by atoms with Crippen LogP contribution < -0.4 is 0 Å². The zero-order chi connectivity index (χ0) is 10.3. The summed E-state index contributed by atoms with van der Waals surface area (Å²) in [5.41, 5.74) is 0. The molecule has 0 radical (unpaired) electrons. The Labute approximate surface area is 81.8 Å². The van der Waals surface area contributed by atoms with Crippen molar-refractivity contribution in [2.45, 2.75) is 30.1 Å². The predicted octanol–water partition coefficient (Wildman–Crippen LogP) is 1.42. The minimum absolute atomic E-state index is 0.0785. The Balaban J connectivity index is 2.37. The van der Waals surface area contributed by atoms with Gasteiger partial charge < -0.3 is 4.42 Å². The molecule has 0 unspecified atom stereocenters. The highest BCUT2D eigenvalue weighted by atomic mass is 32.2. The van der Waals surface area contributed by atoms with Crippen LogP contribution in [-0.4, -0.2) is 19.5 Å². The van der Waals surface area contributed by atoms with Gasteiger partial charge in [0.2, 0.25) is 14.9 Å². The van der Waals surface area contributed by atoms with Gasteiger partial charge in [-0.1, -0.05) is 0 Å². The summed E-state index contributed by atoms with van der Waals surface area (Å²) in [5.74, 6) is -0.161. The molecule has 0 bridgehead atoms. The van der Waals surface area contributed by atoms with Gasteiger partial charge in [-0.25, -0.2) is 8.42 Å². The number of ketones is 1. The monoisotopic (exact) mass is 214 g/mol. The molecule has 0 aliphatic heterocycles. The summed E-state index contributed by atoms with van der Waals surface area (Å²) in [7, 11) is -3.30. The fraction of sp³-hybridized carbons (Fsp3) is 0.444. The van der Waals surface area contributed by atoms with Crippen LogP contribution in [0.15, 0.2) is 21.6 Å². The highest BCUT2D eigenvalue weighted by molar-refractivity contribution is 7.92. The molecule has 0 atom stereocenters. The van der Waals surface area contributed by atoms with Gasteiger partial charge in [0.05, 0.1) is 5.25 Å². The lowest BCUT2D eigenvalue weighted by atomic mass is 10.3. The summed E-state index contributed by atoms with van der Waals surface area (Å²) in [6, 6.07) is 2.75. The van der Waals surface area contributed by atoms with Crippen molar-refractivity contribution in [3.63, 3.8) is 0 Å². The number of hydrogen-bond acceptors (Lipinski definition) is 4. The topological polar surface area (TPSA) is 64.3 Å². The third-order valence-corrected chi connectivity index (χ3v) is 4.30. The second-order valence-corrected chi connectivity index (χ2v) is 5.58. The smallest absolute Gasteiger partial charge is 0.219 e. The van der Waals surface area contributed by atoms with Crippen LogP contribution in [0.5, 0.6) is 0 Å². The van der Waals surface area contributed by atoms with E-state index in [1.165, 1.54) is 19.1 Å². The second kappa shape index (κ2) is 2.95. The minimum Gasteiger partial charge on any atom is -0.442 e. The third-order valence-electron chi connectivity index (χ3n) is 2.17. The SMILES string of the molecule is CC(=O)c1ccc(S(=O)(=O)C2CC2)o1. The molecule has 1 aromatic heterocycles. The molecule has 1 heterocycles. The van der Waals surface area contributed by atoms with E-state index in [2.05, 4.69) is 0 Å². The van der Waals surface area contributed by atoms with Crippen LogP contribution >= 0.6 is 0 Å². The van der Waals surface area contributed by atoms with Crippen molar-refractivity contribution < 1.29 is 17.6 Å². The van der Waals surface area contributed by atoms with Crippen molar-refractivity contribution in [1.82, 2.24) is 0 Å². The standard InChI is InChI=1S/C9H10O4S/c1-6(10)8-4-5-9(13-8)14(11,12)7-2-3-7/h4-5,7H,2-3H2,1H3. The Morgan fingerprint density at radius 3 is 2.50 bits per heavy atom. The first-order valence-corrected chi connectivity index (χ1v) is 5.91. The van der Waals surface area contributed by atoms with Crippen molar-refractivity contribution in [1.29, 1.82) is 0 Å². The van der Waals surface area contributed by atoms with Gasteiger partial charge in [0.25, 0.3) is 0 Å². The molecule has 1 saturated carbocycles.